The Bertz CT molecular complexity index is 563. The predicted octanol–water partition coefficient (Wildman–Crippen LogP) is 3.46. The fraction of sp³-hybridized carbons (Fsp3) is 0.600. The SMILES string of the molecule is Cc1ccccc1S(=O)(=O)NC1(CCl)CCC(C)CC1. The van der Waals surface area contributed by atoms with Gasteiger partial charge in [-0.2, -0.15) is 0 Å². The zero-order chi connectivity index (χ0) is 14.8. The summed E-state index contributed by atoms with van der Waals surface area (Å²) < 4.78 is 28.1. The van der Waals surface area contributed by atoms with E-state index in [1.165, 1.54) is 0 Å². The van der Waals surface area contributed by atoms with Gasteiger partial charge in [0.15, 0.2) is 0 Å². The number of aryl methyl sites for hydroxylation is 1. The van der Waals surface area contributed by atoms with Gasteiger partial charge in [-0.25, -0.2) is 13.1 Å². The zero-order valence-electron chi connectivity index (χ0n) is 12.0. The maximum atomic E-state index is 12.6. The van der Waals surface area contributed by atoms with E-state index in [-0.39, 0.29) is 0 Å². The molecule has 0 radical (unpaired) electrons. The maximum absolute atomic E-state index is 12.6. The number of hydrogen-bond donors (Lipinski definition) is 1. The lowest BCUT2D eigenvalue weighted by Crippen LogP contribution is -2.52. The van der Waals surface area contributed by atoms with Crippen molar-refractivity contribution in [2.75, 3.05) is 5.88 Å². The van der Waals surface area contributed by atoms with Crippen molar-refractivity contribution in [3.8, 4) is 0 Å². The molecule has 0 bridgehead atoms. The second-order valence-corrected chi connectivity index (χ2v) is 7.89. The quantitative estimate of drug-likeness (QED) is 0.865. The first kappa shape index (κ1) is 15.8. The smallest absolute Gasteiger partial charge is 0.207 e. The molecule has 0 saturated heterocycles. The highest BCUT2D eigenvalue weighted by molar-refractivity contribution is 7.89. The highest BCUT2D eigenvalue weighted by atomic mass is 35.5. The molecule has 1 N–H and O–H groups in total. The summed E-state index contributed by atoms with van der Waals surface area (Å²) in [5.74, 6) is 0.972. The fourth-order valence-electron chi connectivity index (χ4n) is 2.78. The molecule has 0 unspecified atom stereocenters. The van der Waals surface area contributed by atoms with Gasteiger partial charge in [0.2, 0.25) is 10.0 Å². The molecule has 0 aromatic heterocycles. The molecule has 1 aliphatic rings. The van der Waals surface area contributed by atoms with Crippen LogP contribution in [0.1, 0.15) is 38.2 Å². The van der Waals surface area contributed by atoms with Crippen LogP contribution >= 0.6 is 11.6 Å². The Morgan fingerprint density at radius 1 is 1.30 bits per heavy atom. The van der Waals surface area contributed by atoms with E-state index < -0.39 is 15.6 Å². The molecule has 0 spiro atoms. The van der Waals surface area contributed by atoms with Crippen LogP contribution in [0.15, 0.2) is 29.2 Å². The lowest BCUT2D eigenvalue weighted by molar-refractivity contribution is 0.247. The first-order chi connectivity index (χ1) is 9.38. The number of hydrogen-bond acceptors (Lipinski definition) is 2. The van der Waals surface area contributed by atoms with Gasteiger partial charge < -0.3 is 0 Å². The molecular weight excluding hydrogens is 294 g/mol. The third-order valence-corrected chi connectivity index (χ3v) is 6.47. The van der Waals surface area contributed by atoms with Crippen LogP contribution in [0.2, 0.25) is 0 Å². The third kappa shape index (κ3) is 3.35. The van der Waals surface area contributed by atoms with Gasteiger partial charge in [0.1, 0.15) is 0 Å². The van der Waals surface area contributed by atoms with E-state index in [2.05, 4.69) is 11.6 Å². The van der Waals surface area contributed by atoms with Crippen molar-refractivity contribution in [3.63, 3.8) is 0 Å². The van der Waals surface area contributed by atoms with Gasteiger partial charge in [-0.1, -0.05) is 25.1 Å². The van der Waals surface area contributed by atoms with Gasteiger partial charge in [-0.3, -0.25) is 0 Å². The molecule has 1 fully saturated rings. The Hall–Kier alpha value is -0.580. The van der Waals surface area contributed by atoms with Gasteiger partial charge in [0.05, 0.1) is 4.90 Å². The van der Waals surface area contributed by atoms with Gasteiger partial charge >= 0.3 is 0 Å². The Labute approximate surface area is 126 Å². The van der Waals surface area contributed by atoms with Crippen molar-refractivity contribution in [1.82, 2.24) is 4.72 Å². The average Bonchev–Trinajstić information content (AvgIpc) is 2.42. The predicted molar refractivity (Wildman–Crippen MR) is 82.6 cm³/mol. The lowest BCUT2D eigenvalue weighted by Gasteiger charge is -2.38. The molecule has 1 aromatic carbocycles. The summed E-state index contributed by atoms with van der Waals surface area (Å²) in [6.07, 6.45) is 3.65. The monoisotopic (exact) mass is 315 g/mol. The second kappa shape index (κ2) is 6.04. The molecule has 5 heteroatoms. The standard InChI is InChI=1S/C15H22ClNO2S/c1-12-7-9-15(11-16,10-8-12)17-20(18,19)14-6-4-3-5-13(14)2/h3-6,12,17H,7-11H2,1-2H3. The van der Waals surface area contributed by atoms with Crippen molar-refractivity contribution >= 4 is 21.6 Å². The van der Waals surface area contributed by atoms with Crippen molar-refractivity contribution in [1.29, 1.82) is 0 Å². The zero-order valence-corrected chi connectivity index (χ0v) is 13.6. The molecule has 1 aromatic rings. The Morgan fingerprint density at radius 3 is 2.45 bits per heavy atom. The van der Waals surface area contributed by atoms with Crippen molar-refractivity contribution < 1.29 is 8.42 Å². The lowest BCUT2D eigenvalue weighted by atomic mass is 9.79. The first-order valence-corrected chi connectivity index (χ1v) is 9.06. The molecule has 112 valence electrons. The van der Waals surface area contributed by atoms with Crippen LogP contribution in [0.5, 0.6) is 0 Å². The number of alkyl halides is 1. The van der Waals surface area contributed by atoms with E-state index in [0.29, 0.717) is 16.7 Å². The molecule has 20 heavy (non-hydrogen) atoms. The summed E-state index contributed by atoms with van der Waals surface area (Å²) in [5, 5.41) is 0. The van der Waals surface area contributed by atoms with Crippen molar-refractivity contribution in [3.05, 3.63) is 29.8 Å². The van der Waals surface area contributed by atoms with Gasteiger partial charge in [-0.05, 0) is 50.2 Å². The second-order valence-electron chi connectivity index (χ2n) is 5.97. The third-order valence-electron chi connectivity index (χ3n) is 4.22. The Kier molecular flexibility index (Phi) is 4.77. The number of nitrogens with one attached hydrogen (secondary N) is 1. The van der Waals surface area contributed by atoms with Crippen LogP contribution in [0.3, 0.4) is 0 Å². The number of benzene rings is 1. The Balaban J connectivity index is 2.25. The van der Waals surface area contributed by atoms with Gasteiger partial charge in [0.25, 0.3) is 0 Å². The van der Waals surface area contributed by atoms with Gasteiger partial charge in [-0.15, -0.1) is 11.6 Å². The molecule has 2 rings (SSSR count). The summed E-state index contributed by atoms with van der Waals surface area (Å²) in [4.78, 5) is 0.350. The number of rotatable bonds is 4. The van der Waals surface area contributed by atoms with Crippen LogP contribution in [0, 0.1) is 12.8 Å². The van der Waals surface area contributed by atoms with Crippen LogP contribution < -0.4 is 4.72 Å². The van der Waals surface area contributed by atoms with Crippen LogP contribution in [-0.2, 0) is 10.0 Å². The molecule has 3 nitrogen and oxygen atoms in total. The van der Waals surface area contributed by atoms with E-state index in [9.17, 15) is 8.42 Å². The van der Waals surface area contributed by atoms with Gasteiger partial charge in [0, 0.05) is 11.4 Å². The minimum absolute atomic E-state index is 0.324. The van der Waals surface area contributed by atoms with E-state index >= 15 is 0 Å². The minimum Gasteiger partial charge on any atom is -0.207 e. The summed E-state index contributed by atoms with van der Waals surface area (Å²) in [5.41, 5.74) is 0.267. The maximum Gasteiger partial charge on any atom is 0.241 e. The first-order valence-electron chi connectivity index (χ1n) is 7.04. The summed E-state index contributed by atoms with van der Waals surface area (Å²) in [7, 11) is -3.51. The molecule has 1 saturated carbocycles. The summed E-state index contributed by atoms with van der Waals surface area (Å²) >= 11 is 6.09. The average molecular weight is 316 g/mol. The van der Waals surface area contributed by atoms with Crippen molar-refractivity contribution in [2.24, 2.45) is 5.92 Å². The van der Waals surface area contributed by atoms with Crippen LogP contribution in [0.25, 0.3) is 0 Å². The topological polar surface area (TPSA) is 46.2 Å². The largest absolute Gasteiger partial charge is 0.241 e. The van der Waals surface area contributed by atoms with E-state index in [0.717, 1.165) is 31.2 Å². The molecular formula is C15H22ClNO2S. The van der Waals surface area contributed by atoms with E-state index in [1.54, 1.807) is 12.1 Å². The normalized spacial score (nSPS) is 27.4. The molecule has 0 atom stereocenters. The van der Waals surface area contributed by atoms with E-state index in [4.69, 9.17) is 11.6 Å². The number of sulfonamides is 1. The van der Waals surface area contributed by atoms with Crippen LogP contribution in [0.4, 0.5) is 0 Å². The Morgan fingerprint density at radius 2 is 1.90 bits per heavy atom. The summed E-state index contributed by atoms with van der Waals surface area (Å²) in [6.45, 7) is 4.01. The summed E-state index contributed by atoms with van der Waals surface area (Å²) in [6, 6.07) is 7.04. The highest BCUT2D eigenvalue weighted by Crippen LogP contribution is 2.34. The van der Waals surface area contributed by atoms with Crippen molar-refractivity contribution in [2.45, 2.75) is 50.0 Å². The number of halogens is 1. The minimum atomic E-state index is -3.51. The highest BCUT2D eigenvalue weighted by Gasteiger charge is 2.37. The van der Waals surface area contributed by atoms with E-state index in [1.807, 2.05) is 19.1 Å². The fourth-order valence-corrected chi connectivity index (χ4v) is 4.89. The van der Waals surface area contributed by atoms with Crippen LogP contribution in [-0.4, -0.2) is 19.8 Å². The molecule has 0 aliphatic heterocycles. The molecule has 1 aliphatic carbocycles. The molecule has 0 heterocycles. The molecule has 0 amide bonds.